The first-order chi connectivity index (χ1) is 7.67. The van der Waals surface area contributed by atoms with Gasteiger partial charge in [-0.1, -0.05) is 0 Å². The molecule has 0 aromatic heterocycles. The van der Waals surface area contributed by atoms with Crippen LogP contribution in [-0.4, -0.2) is 29.5 Å². The molecule has 6 heteroatoms. The summed E-state index contributed by atoms with van der Waals surface area (Å²) in [6.07, 6.45) is 0.662. The van der Waals surface area contributed by atoms with Crippen LogP contribution in [0.15, 0.2) is 23.1 Å². The summed E-state index contributed by atoms with van der Waals surface area (Å²) in [7, 11) is 1.47. The maximum atomic E-state index is 10.7. The van der Waals surface area contributed by atoms with Gasteiger partial charge < -0.3 is 9.84 Å². The van der Waals surface area contributed by atoms with Gasteiger partial charge in [0.2, 0.25) is 0 Å². The summed E-state index contributed by atoms with van der Waals surface area (Å²) in [5.74, 6) is 1.20. The van der Waals surface area contributed by atoms with Gasteiger partial charge in [0.25, 0.3) is 5.69 Å². The van der Waals surface area contributed by atoms with Gasteiger partial charge >= 0.3 is 0 Å². The number of rotatable bonds is 6. The number of aliphatic hydroxyl groups is 1. The van der Waals surface area contributed by atoms with Crippen LogP contribution in [0.3, 0.4) is 0 Å². The largest absolute Gasteiger partial charge is 0.496 e. The van der Waals surface area contributed by atoms with Crippen LogP contribution >= 0.6 is 11.8 Å². The second-order valence-corrected chi connectivity index (χ2v) is 4.22. The molecule has 0 radical (unpaired) electrons. The molecule has 1 aromatic carbocycles. The van der Waals surface area contributed by atoms with Crippen LogP contribution in [0.2, 0.25) is 0 Å². The van der Waals surface area contributed by atoms with Gasteiger partial charge in [-0.3, -0.25) is 10.1 Å². The van der Waals surface area contributed by atoms with E-state index in [1.165, 1.54) is 31.0 Å². The van der Waals surface area contributed by atoms with Gasteiger partial charge in [-0.15, -0.1) is 11.8 Å². The summed E-state index contributed by atoms with van der Waals surface area (Å²) in [5, 5.41) is 19.3. The van der Waals surface area contributed by atoms with Gasteiger partial charge in [0.1, 0.15) is 5.75 Å². The molecule has 0 aliphatic heterocycles. The highest BCUT2D eigenvalue weighted by Gasteiger charge is 2.10. The maximum Gasteiger partial charge on any atom is 0.274 e. The number of hydrogen-bond donors (Lipinski definition) is 1. The highest BCUT2D eigenvalue weighted by Crippen LogP contribution is 2.29. The average Bonchev–Trinajstić information content (AvgIpc) is 2.29. The minimum Gasteiger partial charge on any atom is -0.496 e. The molecule has 88 valence electrons. The SMILES string of the molecule is COc1cc(SCCCO)cc([N+](=O)[O-])c1. The summed E-state index contributed by atoms with van der Waals surface area (Å²) < 4.78 is 4.98. The van der Waals surface area contributed by atoms with Crippen LogP contribution < -0.4 is 4.74 Å². The molecular weight excluding hydrogens is 230 g/mol. The Morgan fingerprint density at radius 3 is 2.81 bits per heavy atom. The van der Waals surface area contributed by atoms with Gasteiger partial charge in [-0.05, 0) is 12.5 Å². The van der Waals surface area contributed by atoms with E-state index in [-0.39, 0.29) is 12.3 Å². The molecule has 5 nitrogen and oxygen atoms in total. The summed E-state index contributed by atoms with van der Waals surface area (Å²) in [6.45, 7) is 0.124. The van der Waals surface area contributed by atoms with Gasteiger partial charge in [-0.2, -0.15) is 0 Å². The van der Waals surface area contributed by atoms with Crippen LogP contribution in [-0.2, 0) is 0 Å². The third-order valence-electron chi connectivity index (χ3n) is 1.88. The van der Waals surface area contributed by atoms with Crippen molar-refractivity contribution in [1.82, 2.24) is 0 Å². The lowest BCUT2D eigenvalue weighted by molar-refractivity contribution is -0.385. The van der Waals surface area contributed by atoms with E-state index in [2.05, 4.69) is 0 Å². The molecule has 0 unspecified atom stereocenters. The van der Waals surface area contributed by atoms with E-state index >= 15 is 0 Å². The Morgan fingerprint density at radius 1 is 1.50 bits per heavy atom. The molecule has 1 aromatic rings. The molecule has 0 aliphatic carbocycles. The monoisotopic (exact) mass is 243 g/mol. The van der Waals surface area contributed by atoms with Crippen molar-refractivity contribution in [2.75, 3.05) is 19.5 Å². The highest BCUT2D eigenvalue weighted by molar-refractivity contribution is 7.99. The molecule has 0 spiro atoms. The predicted molar refractivity (Wildman–Crippen MR) is 62.1 cm³/mol. The van der Waals surface area contributed by atoms with Crippen LogP contribution in [0.5, 0.6) is 5.75 Å². The van der Waals surface area contributed by atoms with Gasteiger partial charge in [0.05, 0.1) is 18.1 Å². The quantitative estimate of drug-likeness (QED) is 0.358. The first kappa shape index (κ1) is 12.8. The summed E-state index contributed by atoms with van der Waals surface area (Å²) >= 11 is 1.46. The fourth-order valence-electron chi connectivity index (χ4n) is 1.12. The normalized spacial score (nSPS) is 10.1. The van der Waals surface area contributed by atoms with E-state index < -0.39 is 4.92 Å². The molecule has 0 atom stereocenters. The molecule has 0 saturated heterocycles. The van der Waals surface area contributed by atoms with Gasteiger partial charge in [-0.25, -0.2) is 0 Å². The Morgan fingerprint density at radius 2 is 2.25 bits per heavy atom. The van der Waals surface area contributed by atoms with Crippen molar-refractivity contribution < 1.29 is 14.8 Å². The van der Waals surface area contributed by atoms with Crippen LogP contribution in [0.4, 0.5) is 5.69 Å². The van der Waals surface area contributed by atoms with Crippen molar-refractivity contribution in [3.05, 3.63) is 28.3 Å². The Hall–Kier alpha value is -1.27. The molecule has 16 heavy (non-hydrogen) atoms. The first-order valence-electron chi connectivity index (χ1n) is 4.74. The number of aliphatic hydroxyl groups excluding tert-OH is 1. The first-order valence-corrected chi connectivity index (χ1v) is 5.73. The topological polar surface area (TPSA) is 72.6 Å². The number of thioether (sulfide) groups is 1. The summed E-state index contributed by atoms with van der Waals surface area (Å²) in [6, 6.07) is 4.63. The smallest absolute Gasteiger partial charge is 0.274 e. The molecule has 0 heterocycles. The summed E-state index contributed by atoms with van der Waals surface area (Å²) in [5.41, 5.74) is 0.0193. The van der Waals surface area contributed by atoms with Crippen molar-refractivity contribution in [1.29, 1.82) is 0 Å². The van der Waals surface area contributed by atoms with Crippen molar-refractivity contribution in [3.63, 3.8) is 0 Å². The van der Waals surface area contributed by atoms with E-state index in [0.29, 0.717) is 12.2 Å². The van der Waals surface area contributed by atoms with Gasteiger partial charge in [0, 0.05) is 23.3 Å². The summed E-state index contributed by atoms with van der Waals surface area (Å²) in [4.78, 5) is 11.0. The molecule has 1 N–H and O–H groups in total. The Kier molecular flexibility index (Phi) is 5.07. The molecule has 0 saturated carbocycles. The Balaban J connectivity index is 2.82. The van der Waals surface area contributed by atoms with Crippen LogP contribution in [0, 0.1) is 10.1 Å². The Bertz CT molecular complexity index is 370. The standard InChI is InChI=1S/C10H13NO4S/c1-15-9-5-8(11(13)14)6-10(7-9)16-4-2-3-12/h5-7,12H,2-4H2,1H3. The number of nitro groups is 1. The molecule has 0 aliphatic rings. The van der Waals surface area contributed by atoms with E-state index in [0.717, 1.165) is 10.6 Å². The molecule has 0 fully saturated rings. The van der Waals surface area contributed by atoms with E-state index in [9.17, 15) is 10.1 Å². The third-order valence-corrected chi connectivity index (χ3v) is 2.94. The van der Waals surface area contributed by atoms with E-state index in [1.807, 2.05) is 0 Å². The molecule has 0 amide bonds. The number of nitrogens with zero attached hydrogens (tertiary/aromatic N) is 1. The predicted octanol–water partition coefficient (Wildman–Crippen LogP) is 2.08. The number of ether oxygens (including phenoxy) is 1. The average molecular weight is 243 g/mol. The zero-order chi connectivity index (χ0) is 12.0. The van der Waals surface area contributed by atoms with Crippen molar-refractivity contribution in [3.8, 4) is 5.75 Å². The second kappa shape index (κ2) is 6.34. The number of benzene rings is 1. The molecule has 0 bridgehead atoms. The number of methoxy groups -OCH3 is 1. The van der Waals surface area contributed by atoms with E-state index in [4.69, 9.17) is 9.84 Å². The lowest BCUT2D eigenvalue weighted by Gasteiger charge is -2.04. The lowest BCUT2D eigenvalue weighted by atomic mass is 10.3. The zero-order valence-corrected chi connectivity index (χ0v) is 9.70. The van der Waals surface area contributed by atoms with Crippen LogP contribution in [0.1, 0.15) is 6.42 Å². The zero-order valence-electron chi connectivity index (χ0n) is 8.88. The fourth-order valence-corrected chi connectivity index (χ4v) is 2.03. The third kappa shape index (κ3) is 3.71. The second-order valence-electron chi connectivity index (χ2n) is 3.05. The van der Waals surface area contributed by atoms with Crippen molar-refractivity contribution >= 4 is 17.4 Å². The van der Waals surface area contributed by atoms with E-state index in [1.54, 1.807) is 6.07 Å². The highest BCUT2D eigenvalue weighted by atomic mass is 32.2. The molecule has 1 rings (SSSR count). The molecular formula is C10H13NO4S. The number of non-ortho nitro benzene ring substituents is 1. The van der Waals surface area contributed by atoms with Crippen molar-refractivity contribution in [2.24, 2.45) is 0 Å². The number of hydrogen-bond acceptors (Lipinski definition) is 5. The van der Waals surface area contributed by atoms with Crippen molar-refractivity contribution in [2.45, 2.75) is 11.3 Å². The fraction of sp³-hybridized carbons (Fsp3) is 0.400. The lowest BCUT2D eigenvalue weighted by Crippen LogP contribution is -1.92. The van der Waals surface area contributed by atoms with Crippen LogP contribution in [0.25, 0.3) is 0 Å². The Labute approximate surface area is 97.6 Å². The minimum absolute atomic E-state index is 0.0193. The minimum atomic E-state index is -0.446. The number of nitro benzene ring substituents is 1. The van der Waals surface area contributed by atoms with Gasteiger partial charge in [0.15, 0.2) is 0 Å². The maximum absolute atomic E-state index is 10.7.